The summed E-state index contributed by atoms with van der Waals surface area (Å²) in [5.74, 6) is -0.501. The van der Waals surface area contributed by atoms with E-state index in [1.54, 1.807) is 0 Å². The summed E-state index contributed by atoms with van der Waals surface area (Å²) in [7, 11) is 0. The second-order valence-corrected chi connectivity index (χ2v) is 3.70. The minimum atomic E-state index is -0.641. The number of halogens is 1. The molecule has 1 rings (SSSR count). The molecule has 0 aliphatic rings. The van der Waals surface area contributed by atoms with Crippen molar-refractivity contribution < 1.29 is 4.79 Å². The van der Waals surface area contributed by atoms with Crippen LogP contribution < -0.4 is 16.8 Å². The highest BCUT2D eigenvalue weighted by molar-refractivity contribution is 6.30. The molecule has 1 unspecified atom stereocenters. The Balaban J connectivity index is 2.32. The number of hydrogen-bond acceptors (Lipinski definition) is 3. The van der Waals surface area contributed by atoms with Crippen molar-refractivity contribution in [1.82, 2.24) is 5.32 Å². The second kappa shape index (κ2) is 5.70. The van der Waals surface area contributed by atoms with Crippen LogP contribution in [0.5, 0.6) is 0 Å². The van der Waals surface area contributed by atoms with E-state index in [0.717, 1.165) is 5.56 Å². The molecule has 5 N–H and O–H groups in total. The summed E-state index contributed by atoms with van der Waals surface area (Å²) >= 11 is 5.74. The van der Waals surface area contributed by atoms with E-state index in [1.165, 1.54) is 0 Å². The van der Waals surface area contributed by atoms with Crippen LogP contribution in [0.2, 0.25) is 5.02 Å². The molecule has 0 fully saturated rings. The summed E-state index contributed by atoms with van der Waals surface area (Å²) in [6.07, 6.45) is 0. The lowest BCUT2D eigenvalue weighted by molar-refractivity contribution is -0.119. The predicted octanol–water partition coefficient (Wildman–Crippen LogP) is 0.242. The Labute approximate surface area is 93.6 Å². The molecular formula is C10H14ClN3O. The fourth-order valence-electron chi connectivity index (χ4n) is 1.07. The number of primary amides is 1. The third-order valence-electron chi connectivity index (χ3n) is 1.97. The summed E-state index contributed by atoms with van der Waals surface area (Å²) in [5, 5.41) is 3.73. The first-order valence-corrected chi connectivity index (χ1v) is 4.97. The van der Waals surface area contributed by atoms with Gasteiger partial charge in [-0.25, -0.2) is 0 Å². The first-order valence-electron chi connectivity index (χ1n) is 4.59. The van der Waals surface area contributed by atoms with Crippen LogP contribution in [0.15, 0.2) is 24.3 Å². The van der Waals surface area contributed by atoms with Gasteiger partial charge in [-0.3, -0.25) is 4.79 Å². The Morgan fingerprint density at radius 1 is 1.40 bits per heavy atom. The molecule has 15 heavy (non-hydrogen) atoms. The Hall–Kier alpha value is -1.10. The minimum absolute atomic E-state index is 0.373. The lowest BCUT2D eigenvalue weighted by Crippen LogP contribution is -2.44. The van der Waals surface area contributed by atoms with Gasteiger partial charge in [0, 0.05) is 18.1 Å². The van der Waals surface area contributed by atoms with Crippen molar-refractivity contribution >= 4 is 17.5 Å². The van der Waals surface area contributed by atoms with Gasteiger partial charge in [-0.15, -0.1) is 0 Å². The Morgan fingerprint density at radius 3 is 2.53 bits per heavy atom. The number of rotatable bonds is 5. The monoisotopic (exact) mass is 227 g/mol. The molecule has 1 amide bonds. The van der Waals surface area contributed by atoms with Gasteiger partial charge in [-0.2, -0.15) is 0 Å². The predicted molar refractivity (Wildman–Crippen MR) is 60.3 cm³/mol. The van der Waals surface area contributed by atoms with Gasteiger partial charge in [-0.1, -0.05) is 23.7 Å². The Morgan fingerprint density at radius 2 is 2.00 bits per heavy atom. The molecule has 1 aromatic rings. The average Bonchev–Trinajstić information content (AvgIpc) is 2.20. The van der Waals surface area contributed by atoms with E-state index < -0.39 is 11.9 Å². The van der Waals surface area contributed by atoms with Gasteiger partial charge in [-0.05, 0) is 17.7 Å². The zero-order valence-corrected chi connectivity index (χ0v) is 9.00. The van der Waals surface area contributed by atoms with Gasteiger partial charge < -0.3 is 16.8 Å². The minimum Gasteiger partial charge on any atom is -0.368 e. The smallest absolute Gasteiger partial charge is 0.235 e. The number of nitrogens with one attached hydrogen (secondary N) is 1. The van der Waals surface area contributed by atoms with Gasteiger partial charge in [0.25, 0.3) is 0 Å². The van der Waals surface area contributed by atoms with E-state index in [0.29, 0.717) is 18.1 Å². The molecule has 0 bridgehead atoms. The van der Waals surface area contributed by atoms with Crippen LogP contribution in [-0.2, 0) is 11.3 Å². The molecular weight excluding hydrogens is 214 g/mol. The third-order valence-corrected chi connectivity index (χ3v) is 2.22. The zero-order chi connectivity index (χ0) is 11.3. The van der Waals surface area contributed by atoms with Crippen LogP contribution in [-0.4, -0.2) is 18.5 Å². The number of hydrogen-bond donors (Lipinski definition) is 3. The van der Waals surface area contributed by atoms with Crippen LogP contribution >= 0.6 is 11.6 Å². The zero-order valence-electron chi connectivity index (χ0n) is 8.24. The molecule has 0 heterocycles. The summed E-state index contributed by atoms with van der Waals surface area (Å²) in [5.41, 5.74) is 11.5. The topological polar surface area (TPSA) is 81.1 Å². The van der Waals surface area contributed by atoms with E-state index in [2.05, 4.69) is 5.32 Å². The Kier molecular flexibility index (Phi) is 4.55. The lowest BCUT2D eigenvalue weighted by atomic mass is 10.2. The highest BCUT2D eigenvalue weighted by Crippen LogP contribution is 2.08. The molecule has 0 spiro atoms. The number of nitrogens with two attached hydrogens (primary N) is 2. The SMILES string of the molecule is NC(=O)C(N)CNCc1ccc(Cl)cc1. The van der Waals surface area contributed by atoms with Crippen molar-refractivity contribution in [2.24, 2.45) is 11.5 Å². The van der Waals surface area contributed by atoms with E-state index in [9.17, 15) is 4.79 Å². The van der Waals surface area contributed by atoms with Crippen molar-refractivity contribution in [1.29, 1.82) is 0 Å². The molecule has 0 aliphatic carbocycles. The molecule has 5 heteroatoms. The van der Waals surface area contributed by atoms with Crippen LogP contribution in [0.25, 0.3) is 0 Å². The third kappa shape index (κ3) is 4.29. The molecule has 0 aromatic heterocycles. The lowest BCUT2D eigenvalue weighted by Gasteiger charge is -2.08. The van der Waals surface area contributed by atoms with Gasteiger partial charge in [0.2, 0.25) is 5.91 Å². The van der Waals surface area contributed by atoms with E-state index in [1.807, 2.05) is 24.3 Å². The maximum absolute atomic E-state index is 10.6. The van der Waals surface area contributed by atoms with E-state index in [-0.39, 0.29) is 0 Å². The van der Waals surface area contributed by atoms with Crippen molar-refractivity contribution in [3.63, 3.8) is 0 Å². The average molecular weight is 228 g/mol. The van der Waals surface area contributed by atoms with Gasteiger partial charge in [0.05, 0.1) is 6.04 Å². The largest absolute Gasteiger partial charge is 0.368 e. The molecule has 0 aliphatic heterocycles. The van der Waals surface area contributed by atoms with Crippen molar-refractivity contribution in [2.75, 3.05) is 6.54 Å². The van der Waals surface area contributed by atoms with E-state index >= 15 is 0 Å². The summed E-state index contributed by atoms with van der Waals surface area (Å²) in [6.45, 7) is 1.01. The maximum atomic E-state index is 10.6. The summed E-state index contributed by atoms with van der Waals surface area (Å²) in [4.78, 5) is 10.6. The number of carbonyl (C=O) groups is 1. The number of benzene rings is 1. The molecule has 0 radical (unpaired) electrons. The van der Waals surface area contributed by atoms with Crippen LogP contribution in [0.1, 0.15) is 5.56 Å². The maximum Gasteiger partial charge on any atom is 0.235 e. The fraction of sp³-hybridized carbons (Fsp3) is 0.300. The number of amides is 1. The molecule has 1 aromatic carbocycles. The quantitative estimate of drug-likeness (QED) is 0.674. The molecule has 0 saturated heterocycles. The fourth-order valence-corrected chi connectivity index (χ4v) is 1.20. The van der Waals surface area contributed by atoms with Crippen molar-refractivity contribution in [3.05, 3.63) is 34.9 Å². The summed E-state index contributed by atoms with van der Waals surface area (Å²) in [6, 6.07) is 6.80. The Bertz CT molecular complexity index is 326. The highest BCUT2D eigenvalue weighted by atomic mass is 35.5. The molecule has 82 valence electrons. The highest BCUT2D eigenvalue weighted by Gasteiger charge is 2.07. The van der Waals surface area contributed by atoms with Gasteiger partial charge in [0.1, 0.15) is 0 Å². The standard InChI is InChI=1S/C10H14ClN3O/c11-8-3-1-7(2-4-8)5-14-6-9(12)10(13)15/h1-4,9,14H,5-6,12H2,(H2,13,15). The first-order chi connectivity index (χ1) is 7.09. The van der Waals surface area contributed by atoms with Crippen LogP contribution in [0.3, 0.4) is 0 Å². The molecule has 1 atom stereocenters. The molecule has 4 nitrogen and oxygen atoms in total. The van der Waals surface area contributed by atoms with Gasteiger partial charge >= 0.3 is 0 Å². The van der Waals surface area contributed by atoms with Crippen molar-refractivity contribution in [3.8, 4) is 0 Å². The second-order valence-electron chi connectivity index (χ2n) is 3.27. The van der Waals surface area contributed by atoms with Gasteiger partial charge in [0.15, 0.2) is 0 Å². The van der Waals surface area contributed by atoms with E-state index in [4.69, 9.17) is 23.1 Å². The van der Waals surface area contributed by atoms with Crippen molar-refractivity contribution in [2.45, 2.75) is 12.6 Å². The number of carbonyl (C=O) groups excluding carboxylic acids is 1. The normalized spacial score (nSPS) is 12.4. The molecule has 0 saturated carbocycles. The van der Waals surface area contributed by atoms with Crippen LogP contribution in [0.4, 0.5) is 0 Å². The van der Waals surface area contributed by atoms with Crippen LogP contribution in [0, 0.1) is 0 Å². The summed E-state index contributed by atoms with van der Waals surface area (Å²) < 4.78 is 0. The first kappa shape index (κ1) is 12.0.